The summed E-state index contributed by atoms with van der Waals surface area (Å²) in [5, 5.41) is 22.1. The molecule has 0 spiro atoms. The highest BCUT2D eigenvalue weighted by Crippen LogP contribution is 2.31. The Labute approximate surface area is 122 Å². The first-order valence-electron chi connectivity index (χ1n) is 6.25. The number of carboxylic acids is 1. The van der Waals surface area contributed by atoms with Crippen molar-refractivity contribution in [3.05, 3.63) is 59.7 Å². The lowest BCUT2D eigenvalue weighted by atomic mass is 9.86. The van der Waals surface area contributed by atoms with Gasteiger partial charge in [-0.25, -0.2) is 0 Å². The van der Waals surface area contributed by atoms with E-state index in [1.165, 1.54) is 38.5 Å². The third kappa shape index (κ3) is 2.68. The van der Waals surface area contributed by atoms with Crippen molar-refractivity contribution in [2.75, 3.05) is 14.2 Å². The quantitative estimate of drug-likeness (QED) is 0.875. The van der Waals surface area contributed by atoms with Crippen molar-refractivity contribution in [3.63, 3.8) is 0 Å². The molecule has 5 nitrogen and oxygen atoms in total. The molecule has 0 bridgehead atoms. The monoisotopic (exact) mass is 287 g/mol. The molecule has 2 aromatic carbocycles. The first-order valence-corrected chi connectivity index (χ1v) is 6.25. The van der Waals surface area contributed by atoms with E-state index in [0.717, 1.165) is 0 Å². The van der Waals surface area contributed by atoms with Gasteiger partial charge in [-0.15, -0.1) is 0 Å². The maximum atomic E-state index is 11.5. The minimum atomic E-state index is -2.24. The molecule has 0 radical (unpaired) electrons. The van der Waals surface area contributed by atoms with Gasteiger partial charge in [0, 0.05) is 0 Å². The van der Waals surface area contributed by atoms with Crippen LogP contribution in [-0.4, -0.2) is 25.3 Å². The molecule has 2 rings (SSSR count). The Bertz CT molecular complexity index is 569. The van der Waals surface area contributed by atoms with Gasteiger partial charge in [-0.2, -0.15) is 0 Å². The predicted molar refractivity (Wildman–Crippen MR) is 74.0 cm³/mol. The van der Waals surface area contributed by atoms with Gasteiger partial charge in [-0.1, -0.05) is 24.3 Å². The van der Waals surface area contributed by atoms with E-state index in [1.54, 1.807) is 24.3 Å². The minimum Gasteiger partial charge on any atom is -0.546 e. The average Bonchev–Trinajstić information content (AvgIpc) is 2.54. The Morgan fingerprint density at radius 1 is 0.905 bits per heavy atom. The van der Waals surface area contributed by atoms with Crippen molar-refractivity contribution >= 4 is 5.97 Å². The van der Waals surface area contributed by atoms with Gasteiger partial charge in [0.1, 0.15) is 11.5 Å². The normalized spacial score (nSPS) is 11.0. The van der Waals surface area contributed by atoms with Crippen LogP contribution in [0.3, 0.4) is 0 Å². The number of aliphatic carboxylic acids is 1. The van der Waals surface area contributed by atoms with Crippen LogP contribution in [-0.2, 0) is 10.4 Å². The van der Waals surface area contributed by atoms with Crippen LogP contribution in [0.2, 0.25) is 0 Å². The van der Waals surface area contributed by atoms with Crippen LogP contribution < -0.4 is 14.6 Å². The van der Waals surface area contributed by atoms with E-state index in [0.29, 0.717) is 11.5 Å². The van der Waals surface area contributed by atoms with Crippen LogP contribution in [0.25, 0.3) is 0 Å². The summed E-state index contributed by atoms with van der Waals surface area (Å²) < 4.78 is 10.0. The molecule has 0 aliphatic rings. The summed E-state index contributed by atoms with van der Waals surface area (Å²) in [6.07, 6.45) is 0. The van der Waals surface area contributed by atoms with Crippen LogP contribution in [0, 0.1) is 0 Å². The van der Waals surface area contributed by atoms with Crippen molar-refractivity contribution in [2.45, 2.75) is 5.60 Å². The van der Waals surface area contributed by atoms with Crippen molar-refractivity contribution in [3.8, 4) is 11.5 Å². The highest BCUT2D eigenvalue weighted by Gasteiger charge is 2.33. The molecule has 0 fully saturated rings. The highest BCUT2D eigenvalue weighted by atomic mass is 16.5. The molecule has 0 saturated heterocycles. The molecule has 0 aliphatic carbocycles. The van der Waals surface area contributed by atoms with Crippen molar-refractivity contribution < 1.29 is 24.5 Å². The van der Waals surface area contributed by atoms with Crippen molar-refractivity contribution in [1.29, 1.82) is 0 Å². The van der Waals surface area contributed by atoms with Gasteiger partial charge >= 0.3 is 0 Å². The predicted octanol–water partition coefficient (Wildman–Crippen LogP) is 0.690. The molecular weight excluding hydrogens is 272 g/mol. The molecule has 110 valence electrons. The molecule has 0 amide bonds. The summed E-state index contributed by atoms with van der Waals surface area (Å²) >= 11 is 0. The van der Waals surface area contributed by atoms with E-state index in [1.807, 2.05) is 0 Å². The van der Waals surface area contributed by atoms with Gasteiger partial charge in [0.2, 0.25) is 0 Å². The number of ether oxygens (including phenoxy) is 2. The van der Waals surface area contributed by atoms with Crippen LogP contribution >= 0.6 is 0 Å². The molecular formula is C16H15O5-. The summed E-state index contributed by atoms with van der Waals surface area (Å²) in [7, 11) is 3.01. The molecule has 0 atom stereocenters. The zero-order valence-corrected chi connectivity index (χ0v) is 11.7. The Morgan fingerprint density at radius 3 is 1.48 bits per heavy atom. The first-order chi connectivity index (χ1) is 10.0. The number of benzene rings is 2. The van der Waals surface area contributed by atoms with Crippen LogP contribution in [0.4, 0.5) is 0 Å². The topological polar surface area (TPSA) is 78.8 Å². The molecule has 0 aliphatic heterocycles. The van der Waals surface area contributed by atoms with Gasteiger partial charge in [0.05, 0.1) is 20.2 Å². The van der Waals surface area contributed by atoms with Crippen LogP contribution in [0.15, 0.2) is 48.5 Å². The molecule has 21 heavy (non-hydrogen) atoms. The second-order valence-electron chi connectivity index (χ2n) is 4.45. The van der Waals surface area contributed by atoms with E-state index in [9.17, 15) is 15.0 Å². The molecule has 0 heterocycles. The second-order valence-corrected chi connectivity index (χ2v) is 4.45. The van der Waals surface area contributed by atoms with Crippen molar-refractivity contribution in [2.24, 2.45) is 0 Å². The maximum Gasteiger partial charge on any atom is 0.154 e. The fraction of sp³-hybridized carbons (Fsp3) is 0.188. The summed E-state index contributed by atoms with van der Waals surface area (Å²) in [6, 6.07) is 12.2. The van der Waals surface area contributed by atoms with Gasteiger partial charge in [-0.3, -0.25) is 0 Å². The minimum absolute atomic E-state index is 0.188. The van der Waals surface area contributed by atoms with E-state index in [2.05, 4.69) is 0 Å². The summed E-state index contributed by atoms with van der Waals surface area (Å²) in [5.41, 5.74) is -1.86. The van der Waals surface area contributed by atoms with E-state index >= 15 is 0 Å². The number of hydrogen-bond donors (Lipinski definition) is 1. The zero-order chi connectivity index (χ0) is 15.5. The summed E-state index contributed by atoms with van der Waals surface area (Å²) in [6.45, 7) is 0. The highest BCUT2D eigenvalue weighted by molar-refractivity contribution is 5.82. The van der Waals surface area contributed by atoms with Gasteiger partial charge in [-0.05, 0) is 35.4 Å². The Kier molecular flexibility index (Phi) is 4.14. The summed E-state index contributed by atoms with van der Waals surface area (Å²) in [4.78, 5) is 11.5. The van der Waals surface area contributed by atoms with E-state index in [-0.39, 0.29) is 11.1 Å². The molecule has 0 unspecified atom stereocenters. The van der Waals surface area contributed by atoms with Gasteiger partial charge in [0.25, 0.3) is 0 Å². The number of hydrogen-bond acceptors (Lipinski definition) is 5. The molecule has 1 N–H and O–H groups in total. The van der Waals surface area contributed by atoms with Gasteiger partial charge in [0.15, 0.2) is 5.60 Å². The van der Waals surface area contributed by atoms with Crippen molar-refractivity contribution in [1.82, 2.24) is 0 Å². The smallest absolute Gasteiger partial charge is 0.154 e. The molecule has 0 aromatic heterocycles. The third-order valence-corrected chi connectivity index (χ3v) is 3.31. The number of carbonyl (C=O) groups excluding carboxylic acids is 1. The first kappa shape index (κ1) is 14.9. The molecule has 0 saturated carbocycles. The lowest BCUT2D eigenvalue weighted by Crippen LogP contribution is -2.46. The van der Waals surface area contributed by atoms with Gasteiger partial charge < -0.3 is 24.5 Å². The SMILES string of the molecule is COc1ccc(C(O)(C(=O)[O-])c2ccc(OC)cc2)cc1. The number of aliphatic hydroxyl groups is 1. The second kappa shape index (κ2) is 5.85. The number of carboxylic acid groups (broad SMARTS) is 1. The third-order valence-electron chi connectivity index (χ3n) is 3.31. The summed E-state index contributed by atoms with van der Waals surface area (Å²) in [5.74, 6) is -0.471. The number of carbonyl (C=O) groups is 1. The van der Waals surface area contributed by atoms with E-state index < -0.39 is 11.6 Å². The van der Waals surface area contributed by atoms with Crippen LogP contribution in [0.1, 0.15) is 11.1 Å². The maximum absolute atomic E-state index is 11.5. The number of methoxy groups -OCH3 is 2. The lowest BCUT2D eigenvalue weighted by molar-refractivity contribution is -0.322. The van der Waals surface area contributed by atoms with Crippen LogP contribution in [0.5, 0.6) is 11.5 Å². The lowest BCUT2D eigenvalue weighted by Gasteiger charge is -2.30. The largest absolute Gasteiger partial charge is 0.546 e. The number of rotatable bonds is 5. The molecule has 2 aromatic rings. The Morgan fingerprint density at radius 2 is 1.24 bits per heavy atom. The fourth-order valence-electron chi connectivity index (χ4n) is 2.07. The zero-order valence-electron chi connectivity index (χ0n) is 11.7. The Balaban J connectivity index is 2.50. The molecule has 5 heteroatoms. The Hall–Kier alpha value is -2.53. The van der Waals surface area contributed by atoms with E-state index in [4.69, 9.17) is 9.47 Å². The fourth-order valence-corrected chi connectivity index (χ4v) is 2.07. The standard InChI is InChI=1S/C16H16O5/c1-20-13-7-3-11(4-8-13)16(19,15(17)18)12-5-9-14(21-2)10-6-12/h3-10,19H,1-2H3,(H,17,18)/p-1. The average molecular weight is 287 g/mol.